The van der Waals surface area contributed by atoms with E-state index >= 15 is 0 Å². The summed E-state index contributed by atoms with van der Waals surface area (Å²) in [5.41, 5.74) is 6.39. The fourth-order valence-corrected chi connectivity index (χ4v) is 3.76. The van der Waals surface area contributed by atoms with Crippen molar-refractivity contribution in [3.8, 4) is 0 Å². The maximum absolute atomic E-state index is 6.28. The average Bonchev–Trinajstić information content (AvgIpc) is 2.48. The van der Waals surface area contributed by atoms with Crippen LogP contribution < -0.4 is 5.73 Å². The van der Waals surface area contributed by atoms with E-state index in [1.165, 1.54) is 19.3 Å². The third kappa shape index (κ3) is 5.20. The Kier molecular flexibility index (Phi) is 8.79. The van der Waals surface area contributed by atoms with Crippen molar-refractivity contribution in [3.63, 3.8) is 0 Å². The molecule has 0 spiro atoms. The summed E-state index contributed by atoms with van der Waals surface area (Å²) in [6.07, 6.45) is 3.80. The summed E-state index contributed by atoms with van der Waals surface area (Å²) in [6.45, 7) is 14.6. The van der Waals surface area contributed by atoms with Gasteiger partial charge in [0.05, 0.1) is 13.2 Å². The van der Waals surface area contributed by atoms with Gasteiger partial charge in [-0.05, 0) is 38.5 Å². The second kappa shape index (κ2) is 9.78. The van der Waals surface area contributed by atoms with Gasteiger partial charge in [-0.15, -0.1) is 0 Å². The number of nitrogens with zero attached hydrogens (tertiary/aromatic N) is 1. The molecule has 3 atom stereocenters. The molecular formula is C17H36N2O2. The Morgan fingerprint density at radius 3 is 2.10 bits per heavy atom. The van der Waals surface area contributed by atoms with Crippen molar-refractivity contribution < 1.29 is 9.47 Å². The fraction of sp³-hybridized carbons (Fsp3) is 1.00. The molecule has 0 aromatic rings. The van der Waals surface area contributed by atoms with Gasteiger partial charge in [0.15, 0.2) is 0 Å². The number of rotatable bonds is 10. The largest absolute Gasteiger partial charge is 0.380 e. The third-order valence-electron chi connectivity index (χ3n) is 5.11. The lowest BCUT2D eigenvalue weighted by Crippen LogP contribution is -2.61. The van der Waals surface area contributed by atoms with Gasteiger partial charge in [-0.25, -0.2) is 0 Å². The first-order valence-corrected chi connectivity index (χ1v) is 8.71. The summed E-state index contributed by atoms with van der Waals surface area (Å²) < 4.78 is 11.2. The molecule has 21 heavy (non-hydrogen) atoms. The van der Waals surface area contributed by atoms with E-state index in [0.717, 1.165) is 52.0 Å². The summed E-state index contributed by atoms with van der Waals surface area (Å²) in [4.78, 5) is 2.55. The van der Waals surface area contributed by atoms with E-state index in [0.29, 0.717) is 5.92 Å². The van der Waals surface area contributed by atoms with Crippen molar-refractivity contribution in [1.82, 2.24) is 4.90 Å². The van der Waals surface area contributed by atoms with Gasteiger partial charge in [-0.1, -0.05) is 20.3 Å². The van der Waals surface area contributed by atoms with Crippen molar-refractivity contribution in [2.75, 3.05) is 46.1 Å². The molecule has 1 aliphatic carbocycles. The molecule has 0 heterocycles. The molecule has 1 fully saturated rings. The highest BCUT2D eigenvalue weighted by Gasteiger charge is 2.43. The van der Waals surface area contributed by atoms with Gasteiger partial charge >= 0.3 is 0 Å². The Balaban J connectivity index is 2.77. The molecule has 4 heteroatoms. The lowest BCUT2D eigenvalue weighted by Gasteiger charge is -2.52. The first-order valence-electron chi connectivity index (χ1n) is 8.71. The minimum absolute atomic E-state index is 0.117. The van der Waals surface area contributed by atoms with Gasteiger partial charge in [-0.2, -0.15) is 0 Å². The van der Waals surface area contributed by atoms with E-state index in [2.05, 4.69) is 32.6 Å². The first-order chi connectivity index (χ1) is 10.1. The monoisotopic (exact) mass is 300 g/mol. The average molecular weight is 300 g/mol. The molecule has 0 radical (unpaired) electrons. The zero-order valence-electron chi connectivity index (χ0n) is 14.6. The van der Waals surface area contributed by atoms with Crippen LogP contribution in [0.2, 0.25) is 0 Å². The van der Waals surface area contributed by atoms with Crippen LogP contribution in [0.3, 0.4) is 0 Å². The Hall–Kier alpha value is -0.160. The number of hydrogen-bond acceptors (Lipinski definition) is 4. The SMILES string of the molecule is CCOCCN(CCOCC)C1(CN)CC(C)CCC1C. The van der Waals surface area contributed by atoms with Crippen molar-refractivity contribution in [1.29, 1.82) is 0 Å². The first kappa shape index (κ1) is 18.9. The van der Waals surface area contributed by atoms with Crippen LogP contribution >= 0.6 is 0 Å². The zero-order chi connectivity index (χ0) is 15.7. The molecule has 4 nitrogen and oxygen atoms in total. The molecule has 0 aromatic carbocycles. The molecule has 0 bridgehead atoms. The highest BCUT2D eigenvalue weighted by atomic mass is 16.5. The van der Waals surface area contributed by atoms with Crippen LogP contribution in [0.15, 0.2) is 0 Å². The van der Waals surface area contributed by atoms with Gasteiger partial charge in [0.2, 0.25) is 0 Å². The molecule has 0 amide bonds. The predicted octanol–water partition coefficient (Wildman–Crippen LogP) is 2.51. The van der Waals surface area contributed by atoms with E-state index in [1.807, 2.05) is 0 Å². The van der Waals surface area contributed by atoms with E-state index in [4.69, 9.17) is 15.2 Å². The summed E-state index contributed by atoms with van der Waals surface area (Å²) >= 11 is 0. The normalized spacial score (nSPS) is 30.0. The van der Waals surface area contributed by atoms with Crippen LogP contribution in [-0.2, 0) is 9.47 Å². The molecule has 1 aliphatic rings. The molecule has 1 rings (SSSR count). The van der Waals surface area contributed by atoms with Gasteiger partial charge in [0, 0.05) is 38.4 Å². The van der Waals surface area contributed by atoms with Gasteiger partial charge in [-0.3, -0.25) is 4.90 Å². The number of nitrogens with two attached hydrogens (primary N) is 1. The van der Waals surface area contributed by atoms with Gasteiger partial charge < -0.3 is 15.2 Å². The van der Waals surface area contributed by atoms with E-state index < -0.39 is 0 Å². The smallest absolute Gasteiger partial charge is 0.0593 e. The number of hydrogen-bond donors (Lipinski definition) is 1. The summed E-state index contributed by atoms with van der Waals surface area (Å²) in [5.74, 6) is 1.40. The Bertz CT molecular complexity index is 266. The van der Waals surface area contributed by atoms with Crippen molar-refractivity contribution in [3.05, 3.63) is 0 Å². The maximum atomic E-state index is 6.28. The molecule has 0 aromatic heterocycles. The molecule has 3 unspecified atom stereocenters. The highest BCUT2D eigenvalue weighted by Crippen LogP contribution is 2.40. The van der Waals surface area contributed by atoms with Crippen molar-refractivity contribution in [2.24, 2.45) is 17.6 Å². The van der Waals surface area contributed by atoms with Crippen LogP contribution in [-0.4, -0.2) is 56.5 Å². The van der Waals surface area contributed by atoms with E-state index in [-0.39, 0.29) is 5.54 Å². The quantitative estimate of drug-likeness (QED) is 0.630. The fourth-order valence-electron chi connectivity index (χ4n) is 3.76. The van der Waals surface area contributed by atoms with Crippen LogP contribution in [0.1, 0.15) is 47.0 Å². The van der Waals surface area contributed by atoms with Crippen molar-refractivity contribution in [2.45, 2.75) is 52.5 Å². The minimum atomic E-state index is 0.117. The van der Waals surface area contributed by atoms with Crippen LogP contribution in [0, 0.1) is 11.8 Å². The second-order valence-corrected chi connectivity index (χ2v) is 6.48. The Morgan fingerprint density at radius 2 is 1.62 bits per heavy atom. The molecule has 2 N–H and O–H groups in total. The van der Waals surface area contributed by atoms with Crippen LogP contribution in [0.25, 0.3) is 0 Å². The Morgan fingerprint density at radius 1 is 1.05 bits per heavy atom. The summed E-state index contributed by atoms with van der Waals surface area (Å²) in [6, 6.07) is 0. The van der Waals surface area contributed by atoms with Gasteiger partial charge in [0.25, 0.3) is 0 Å². The second-order valence-electron chi connectivity index (χ2n) is 6.48. The van der Waals surface area contributed by atoms with E-state index in [1.54, 1.807) is 0 Å². The van der Waals surface area contributed by atoms with Crippen LogP contribution in [0.4, 0.5) is 0 Å². The molecule has 1 saturated carbocycles. The predicted molar refractivity (Wildman–Crippen MR) is 88.5 cm³/mol. The lowest BCUT2D eigenvalue weighted by atomic mass is 9.68. The topological polar surface area (TPSA) is 47.7 Å². The van der Waals surface area contributed by atoms with E-state index in [9.17, 15) is 0 Å². The standard InChI is InChI=1S/C17H36N2O2/c1-5-20-11-9-19(10-12-21-6-2)17(14-18)13-15(3)7-8-16(17)4/h15-16H,5-14,18H2,1-4H3. The molecule has 126 valence electrons. The van der Waals surface area contributed by atoms with Crippen LogP contribution in [0.5, 0.6) is 0 Å². The lowest BCUT2D eigenvalue weighted by molar-refractivity contribution is -0.0341. The molecule has 0 saturated heterocycles. The Labute approximate surface area is 131 Å². The highest BCUT2D eigenvalue weighted by molar-refractivity contribution is 5.00. The zero-order valence-corrected chi connectivity index (χ0v) is 14.6. The molecular weight excluding hydrogens is 264 g/mol. The summed E-state index contributed by atoms with van der Waals surface area (Å²) in [7, 11) is 0. The summed E-state index contributed by atoms with van der Waals surface area (Å²) in [5, 5.41) is 0. The molecule has 0 aliphatic heterocycles. The van der Waals surface area contributed by atoms with Gasteiger partial charge in [0.1, 0.15) is 0 Å². The van der Waals surface area contributed by atoms with Crippen molar-refractivity contribution >= 4 is 0 Å². The number of ether oxygens (including phenoxy) is 2. The maximum Gasteiger partial charge on any atom is 0.0593 e. The third-order valence-corrected chi connectivity index (χ3v) is 5.11. The minimum Gasteiger partial charge on any atom is -0.380 e.